The lowest BCUT2D eigenvalue weighted by atomic mass is 10.2. The second kappa shape index (κ2) is 5.08. The number of nitrogens with one attached hydrogen (secondary N) is 1. The highest BCUT2D eigenvalue weighted by molar-refractivity contribution is 7.13. The molecule has 0 fully saturated rings. The van der Waals surface area contributed by atoms with Crippen LogP contribution in [0.2, 0.25) is 0 Å². The number of hydrogen-bond acceptors (Lipinski definition) is 5. The highest BCUT2D eigenvalue weighted by atomic mass is 32.1. The Labute approximate surface area is 107 Å². The molecule has 2 aromatic rings. The molecule has 4 nitrogen and oxygen atoms in total. The Bertz CT molecular complexity index is 554. The van der Waals surface area contributed by atoms with E-state index in [2.05, 4.69) is 16.4 Å². The zero-order valence-corrected chi connectivity index (χ0v) is 10.6. The van der Waals surface area contributed by atoms with Crippen LogP contribution in [-0.2, 0) is 0 Å². The molecule has 0 saturated carbocycles. The van der Waals surface area contributed by atoms with Gasteiger partial charge in [-0.3, -0.25) is 4.79 Å². The Morgan fingerprint density at radius 2 is 2.47 bits per heavy atom. The van der Waals surface area contributed by atoms with Crippen molar-refractivity contribution in [1.82, 2.24) is 10.3 Å². The fourth-order valence-corrected chi connectivity index (χ4v) is 2.66. The molecule has 0 aliphatic heterocycles. The number of thiophene rings is 1. The third kappa shape index (κ3) is 2.70. The molecule has 0 spiro atoms. The molecule has 1 N–H and O–H groups in total. The number of nitriles is 1. The van der Waals surface area contributed by atoms with Gasteiger partial charge in [-0.2, -0.15) is 16.6 Å². The number of nitrogens with zero attached hydrogens (tertiary/aromatic N) is 2. The number of aromatic nitrogens is 1. The number of hydrogen-bond donors (Lipinski definition) is 1. The second-order valence-corrected chi connectivity index (χ2v) is 5.35. The second-order valence-electron chi connectivity index (χ2n) is 3.34. The monoisotopic (exact) mass is 263 g/mol. The molecule has 2 rings (SSSR count). The molecular formula is C11H9N3OS2. The van der Waals surface area contributed by atoms with Gasteiger partial charge < -0.3 is 5.32 Å². The number of amides is 1. The molecular weight excluding hydrogens is 254 g/mol. The number of carbonyl (C=O) groups excluding carboxylic acids is 1. The standard InChI is InChI=1S/C11H9N3OS2/c1-7-13-5-10(17-7)11(15)14-9(4-12)8-2-3-16-6-8/h2-3,5-6,9H,1H3,(H,14,15). The van der Waals surface area contributed by atoms with Gasteiger partial charge in [-0.05, 0) is 29.3 Å². The summed E-state index contributed by atoms with van der Waals surface area (Å²) in [4.78, 5) is 16.4. The predicted octanol–water partition coefficient (Wildman–Crippen LogP) is 2.51. The zero-order valence-electron chi connectivity index (χ0n) is 9.01. The molecule has 1 unspecified atom stereocenters. The Kier molecular flexibility index (Phi) is 3.52. The largest absolute Gasteiger partial charge is 0.332 e. The molecule has 86 valence electrons. The lowest BCUT2D eigenvalue weighted by Crippen LogP contribution is -2.26. The zero-order chi connectivity index (χ0) is 12.3. The van der Waals surface area contributed by atoms with Crippen molar-refractivity contribution >= 4 is 28.6 Å². The minimum atomic E-state index is -0.601. The van der Waals surface area contributed by atoms with Crippen LogP contribution in [-0.4, -0.2) is 10.9 Å². The molecule has 2 aromatic heterocycles. The summed E-state index contributed by atoms with van der Waals surface area (Å²) in [7, 11) is 0. The SMILES string of the molecule is Cc1ncc(C(=O)NC(C#N)c2ccsc2)s1. The molecule has 0 saturated heterocycles. The van der Waals surface area contributed by atoms with Crippen LogP contribution < -0.4 is 5.32 Å². The van der Waals surface area contributed by atoms with Crippen molar-refractivity contribution in [3.8, 4) is 6.07 Å². The lowest BCUT2D eigenvalue weighted by molar-refractivity contribution is 0.0949. The van der Waals surface area contributed by atoms with Gasteiger partial charge in [0, 0.05) is 0 Å². The average molecular weight is 263 g/mol. The molecule has 0 aliphatic rings. The number of aryl methyl sites for hydroxylation is 1. The molecule has 1 atom stereocenters. The smallest absolute Gasteiger partial charge is 0.264 e. The number of rotatable bonds is 3. The van der Waals surface area contributed by atoms with E-state index in [1.54, 1.807) is 0 Å². The van der Waals surface area contributed by atoms with Crippen molar-refractivity contribution in [2.45, 2.75) is 13.0 Å². The van der Waals surface area contributed by atoms with Gasteiger partial charge in [0.25, 0.3) is 5.91 Å². The highest BCUT2D eigenvalue weighted by Gasteiger charge is 2.16. The van der Waals surface area contributed by atoms with Crippen molar-refractivity contribution in [3.05, 3.63) is 38.5 Å². The molecule has 17 heavy (non-hydrogen) atoms. The van der Waals surface area contributed by atoms with Crippen LogP contribution in [0.3, 0.4) is 0 Å². The van der Waals surface area contributed by atoms with E-state index < -0.39 is 6.04 Å². The van der Waals surface area contributed by atoms with Gasteiger partial charge in [0.05, 0.1) is 17.3 Å². The molecule has 6 heteroatoms. The number of thiazole rings is 1. The van der Waals surface area contributed by atoms with E-state index in [9.17, 15) is 4.79 Å². The summed E-state index contributed by atoms with van der Waals surface area (Å²) in [6.45, 7) is 1.84. The van der Waals surface area contributed by atoms with Crippen molar-refractivity contribution in [2.24, 2.45) is 0 Å². The van der Waals surface area contributed by atoms with Crippen LogP contribution >= 0.6 is 22.7 Å². The maximum absolute atomic E-state index is 11.8. The first-order valence-electron chi connectivity index (χ1n) is 4.85. The Morgan fingerprint density at radius 3 is 3.00 bits per heavy atom. The van der Waals surface area contributed by atoms with E-state index in [0.717, 1.165) is 10.6 Å². The van der Waals surface area contributed by atoms with E-state index >= 15 is 0 Å². The maximum atomic E-state index is 11.8. The van der Waals surface area contributed by atoms with E-state index in [1.165, 1.54) is 28.9 Å². The first-order valence-corrected chi connectivity index (χ1v) is 6.61. The van der Waals surface area contributed by atoms with Gasteiger partial charge in [-0.1, -0.05) is 0 Å². The Balaban J connectivity index is 2.10. The minimum Gasteiger partial charge on any atom is -0.332 e. The van der Waals surface area contributed by atoms with E-state index in [-0.39, 0.29) is 5.91 Å². The molecule has 1 amide bonds. The van der Waals surface area contributed by atoms with Gasteiger partial charge >= 0.3 is 0 Å². The van der Waals surface area contributed by atoms with Crippen LogP contribution in [0, 0.1) is 18.3 Å². The van der Waals surface area contributed by atoms with Crippen LogP contribution in [0.5, 0.6) is 0 Å². The predicted molar refractivity (Wildman–Crippen MR) is 67.0 cm³/mol. The third-order valence-electron chi connectivity index (χ3n) is 2.13. The lowest BCUT2D eigenvalue weighted by Gasteiger charge is -2.08. The van der Waals surface area contributed by atoms with Crippen molar-refractivity contribution in [3.63, 3.8) is 0 Å². The van der Waals surface area contributed by atoms with Crippen LogP contribution in [0.4, 0.5) is 0 Å². The van der Waals surface area contributed by atoms with Crippen molar-refractivity contribution in [2.75, 3.05) is 0 Å². The summed E-state index contributed by atoms with van der Waals surface area (Å²) in [5.74, 6) is -0.256. The highest BCUT2D eigenvalue weighted by Crippen LogP contribution is 2.17. The topological polar surface area (TPSA) is 65.8 Å². The summed E-state index contributed by atoms with van der Waals surface area (Å²) < 4.78 is 0. The van der Waals surface area contributed by atoms with Gasteiger partial charge in [-0.15, -0.1) is 11.3 Å². The van der Waals surface area contributed by atoms with E-state index in [0.29, 0.717) is 4.88 Å². The summed E-state index contributed by atoms with van der Waals surface area (Å²) in [6.07, 6.45) is 1.53. The van der Waals surface area contributed by atoms with Gasteiger partial charge in [0.2, 0.25) is 0 Å². The van der Waals surface area contributed by atoms with Crippen molar-refractivity contribution in [1.29, 1.82) is 5.26 Å². The van der Waals surface area contributed by atoms with E-state index in [4.69, 9.17) is 5.26 Å². The normalized spacial score (nSPS) is 11.8. The Hall–Kier alpha value is -1.71. The summed E-state index contributed by atoms with van der Waals surface area (Å²) in [5.41, 5.74) is 0.812. The summed E-state index contributed by atoms with van der Waals surface area (Å²) in [6, 6.07) is 3.30. The average Bonchev–Trinajstić information content (AvgIpc) is 2.96. The summed E-state index contributed by atoms with van der Waals surface area (Å²) >= 11 is 2.81. The molecule has 0 aliphatic carbocycles. The van der Waals surface area contributed by atoms with Crippen LogP contribution in [0.15, 0.2) is 23.0 Å². The quantitative estimate of drug-likeness (QED) is 0.925. The third-order valence-corrected chi connectivity index (χ3v) is 3.74. The molecule has 0 bridgehead atoms. The fraction of sp³-hybridized carbons (Fsp3) is 0.182. The first kappa shape index (κ1) is 11.8. The molecule has 2 heterocycles. The molecule has 0 radical (unpaired) electrons. The van der Waals surface area contributed by atoms with Gasteiger partial charge in [-0.25, -0.2) is 4.98 Å². The Morgan fingerprint density at radius 1 is 1.65 bits per heavy atom. The minimum absolute atomic E-state index is 0.256. The first-order chi connectivity index (χ1) is 8.20. The fourth-order valence-electron chi connectivity index (χ4n) is 1.30. The van der Waals surface area contributed by atoms with Crippen LogP contribution in [0.1, 0.15) is 26.3 Å². The maximum Gasteiger partial charge on any atom is 0.264 e. The van der Waals surface area contributed by atoms with Gasteiger partial charge in [0.15, 0.2) is 0 Å². The van der Waals surface area contributed by atoms with E-state index in [1.807, 2.05) is 23.8 Å². The summed E-state index contributed by atoms with van der Waals surface area (Å²) in [5, 5.41) is 16.3. The van der Waals surface area contributed by atoms with Gasteiger partial charge in [0.1, 0.15) is 10.9 Å². The van der Waals surface area contributed by atoms with Crippen LogP contribution in [0.25, 0.3) is 0 Å². The number of carbonyl (C=O) groups is 1. The molecule has 0 aromatic carbocycles. The van der Waals surface area contributed by atoms with Crippen molar-refractivity contribution < 1.29 is 4.79 Å².